The summed E-state index contributed by atoms with van der Waals surface area (Å²) in [6.45, 7) is 1.74. The lowest BCUT2D eigenvalue weighted by Crippen LogP contribution is -2.14. The summed E-state index contributed by atoms with van der Waals surface area (Å²) in [7, 11) is -4.75. The first-order chi connectivity index (χ1) is 11.7. The van der Waals surface area contributed by atoms with E-state index in [9.17, 15) is 26.0 Å². The molecule has 2 aromatic rings. The van der Waals surface area contributed by atoms with Crippen molar-refractivity contribution in [3.63, 3.8) is 0 Å². The summed E-state index contributed by atoms with van der Waals surface area (Å²) >= 11 is 0. The number of hydrogen-bond donors (Lipinski definition) is 0. The van der Waals surface area contributed by atoms with Crippen molar-refractivity contribution >= 4 is 9.84 Å². The van der Waals surface area contributed by atoms with Crippen LogP contribution in [0.2, 0.25) is 0 Å². The number of alkyl halides is 2. The fourth-order valence-electron chi connectivity index (χ4n) is 3.08. The van der Waals surface area contributed by atoms with E-state index in [4.69, 9.17) is 4.74 Å². The lowest BCUT2D eigenvalue weighted by atomic mass is 10.0. The highest BCUT2D eigenvalue weighted by molar-refractivity contribution is 7.91. The fraction of sp³-hybridized carbons (Fsp3) is 0.294. The van der Waals surface area contributed by atoms with Gasteiger partial charge in [-0.3, -0.25) is 0 Å². The van der Waals surface area contributed by atoms with Crippen LogP contribution in [-0.2, 0) is 16.3 Å². The topological polar surface area (TPSA) is 43.4 Å². The Labute approximate surface area is 142 Å². The van der Waals surface area contributed by atoms with Gasteiger partial charge in [-0.1, -0.05) is 6.92 Å². The summed E-state index contributed by atoms with van der Waals surface area (Å²) in [5, 5.41) is 0. The number of sulfone groups is 1. The Hall–Kier alpha value is -2.09. The maximum absolute atomic E-state index is 13.3. The van der Waals surface area contributed by atoms with Crippen molar-refractivity contribution in [1.29, 1.82) is 0 Å². The standard InChI is InChI=1S/C17H14F4O3S/c1-9-2-3-13-14(24-12-7-10(18)6-11(19)8-12)4-5-15(16(9)13)25(22,23)17(20)21/h4-9,17H,2-3H2,1H3. The quantitative estimate of drug-likeness (QED) is 0.722. The summed E-state index contributed by atoms with van der Waals surface area (Å²) < 4.78 is 81.8. The molecular formula is C17H14F4O3S. The summed E-state index contributed by atoms with van der Waals surface area (Å²) in [5.41, 5.74) is 0.758. The van der Waals surface area contributed by atoms with Crippen LogP contribution in [0, 0.1) is 11.6 Å². The minimum absolute atomic E-state index is 0.0938. The largest absolute Gasteiger partial charge is 0.457 e. The molecule has 134 valence electrons. The van der Waals surface area contributed by atoms with Crippen molar-refractivity contribution in [2.45, 2.75) is 36.3 Å². The summed E-state index contributed by atoms with van der Waals surface area (Å²) in [4.78, 5) is -0.416. The van der Waals surface area contributed by atoms with Crippen LogP contribution in [0.4, 0.5) is 17.6 Å². The molecule has 3 nitrogen and oxygen atoms in total. The fourth-order valence-corrected chi connectivity index (χ4v) is 4.16. The van der Waals surface area contributed by atoms with Crippen LogP contribution >= 0.6 is 0 Å². The molecule has 0 bridgehead atoms. The molecule has 3 rings (SSSR count). The zero-order valence-electron chi connectivity index (χ0n) is 13.1. The first kappa shape index (κ1) is 17.7. The van der Waals surface area contributed by atoms with Crippen molar-refractivity contribution in [3.05, 3.63) is 53.1 Å². The van der Waals surface area contributed by atoms with Gasteiger partial charge in [0.15, 0.2) is 0 Å². The smallest absolute Gasteiger partial charge is 0.341 e. The normalized spacial score (nSPS) is 17.0. The van der Waals surface area contributed by atoms with Crippen molar-refractivity contribution < 1.29 is 30.7 Å². The lowest BCUT2D eigenvalue weighted by molar-refractivity contribution is 0.234. The monoisotopic (exact) mass is 374 g/mol. The van der Waals surface area contributed by atoms with E-state index < -0.39 is 32.1 Å². The first-order valence-electron chi connectivity index (χ1n) is 7.52. The molecule has 0 fully saturated rings. The minimum Gasteiger partial charge on any atom is -0.457 e. The molecule has 0 saturated carbocycles. The summed E-state index contributed by atoms with van der Waals surface area (Å²) in [6, 6.07) is 4.97. The van der Waals surface area contributed by atoms with Crippen LogP contribution in [0.3, 0.4) is 0 Å². The average Bonchev–Trinajstić information content (AvgIpc) is 2.89. The second-order valence-electron chi connectivity index (χ2n) is 5.91. The maximum atomic E-state index is 13.3. The van der Waals surface area contributed by atoms with Gasteiger partial charge in [-0.25, -0.2) is 17.2 Å². The number of halogens is 4. The van der Waals surface area contributed by atoms with E-state index >= 15 is 0 Å². The average molecular weight is 374 g/mol. The van der Waals surface area contributed by atoms with E-state index in [1.807, 2.05) is 0 Å². The van der Waals surface area contributed by atoms with E-state index in [-0.39, 0.29) is 23.0 Å². The van der Waals surface area contributed by atoms with Gasteiger partial charge < -0.3 is 4.74 Å². The molecule has 0 aliphatic heterocycles. The molecule has 1 unspecified atom stereocenters. The second-order valence-corrected chi connectivity index (χ2v) is 7.79. The molecule has 0 heterocycles. The molecule has 8 heteroatoms. The van der Waals surface area contributed by atoms with E-state index in [1.165, 1.54) is 6.07 Å². The van der Waals surface area contributed by atoms with E-state index in [1.54, 1.807) is 6.92 Å². The molecule has 0 amide bonds. The van der Waals surface area contributed by atoms with Gasteiger partial charge in [0, 0.05) is 18.2 Å². The molecule has 0 spiro atoms. The molecule has 0 N–H and O–H groups in total. The van der Waals surface area contributed by atoms with Gasteiger partial charge in [0.25, 0.3) is 0 Å². The number of ether oxygens (including phenoxy) is 1. The van der Waals surface area contributed by atoms with Crippen LogP contribution in [0.15, 0.2) is 35.2 Å². The SMILES string of the molecule is CC1CCc2c(Oc3cc(F)cc(F)c3)ccc(S(=O)(=O)C(F)F)c21. The van der Waals surface area contributed by atoms with Gasteiger partial charge in [0.1, 0.15) is 23.1 Å². The molecule has 1 aliphatic carbocycles. The van der Waals surface area contributed by atoms with Crippen molar-refractivity contribution in [2.24, 2.45) is 0 Å². The van der Waals surface area contributed by atoms with Gasteiger partial charge in [-0.05, 0) is 42.0 Å². The van der Waals surface area contributed by atoms with Gasteiger partial charge in [0.2, 0.25) is 9.84 Å². The number of fused-ring (bicyclic) bond motifs is 1. The third-order valence-corrected chi connectivity index (χ3v) is 5.64. The minimum atomic E-state index is -4.75. The van der Waals surface area contributed by atoms with Crippen LogP contribution in [0.1, 0.15) is 30.4 Å². The highest BCUT2D eigenvalue weighted by Crippen LogP contribution is 2.44. The number of benzene rings is 2. The van der Waals surface area contributed by atoms with Gasteiger partial charge in [-0.15, -0.1) is 0 Å². The van der Waals surface area contributed by atoms with E-state index in [0.717, 1.165) is 18.2 Å². The van der Waals surface area contributed by atoms with Crippen LogP contribution in [0.25, 0.3) is 0 Å². The van der Waals surface area contributed by atoms with Gasteiger partial charge in [-0.2, -0.15) is 8.78 Å². The Morgan fingerprint density at radius 2 is 1.76 bits per heavy atom. The number of rotatable bonds is 4. The van der Waals surface area contributed by atoms with Crippen molar-refractivity contribution in [1.82, 2.24) is 0 Å². The Bertz CT molecular complexity index is 905. The Morgan fingerprint density at radius 3 is 2.36 bits per heavy atom. The lowest BCUT2D eigenvalue weighted by Gasteiger charge is -2.16. The highest BCUT2D eigenvalue weighted by Gasteiger charge is 2.35. The second kappa shape index (κ2) is 6.33. The maximum Gasteiger partial charge on any atom is 0.341 e. The zero-order chi connectivity index (χ0) is 18.4. The Balaban J connectivity index is 2.09. The molecule has 1 aliphatic rings. The molecule has 1 atom stereocenters. The third-order valence-electron chi connectivity index (χ3n) is 4.20. The van der Waals surface area contributed by atoms with E-state index in [2.05, 4.69) is 0 Å². The molecule has 25 heavy (non-hydrogen) atoms. The summed E-state index contributed by atoms with van der Waals surface area (Å²) in [6.07, 6.45) is 0.995. The van der Waals surface area contributed by atoms with Crippen molar-refractivity contribution in [3.8, 4) is 11.5 Å². The van der Waals surface area contributed by atoms with Crippen LogP contribution < -0.4 is 4.74 Å². The predicted octanol–water partition coefficient (Wildman–Crippen LogP) is 4.80. The third kappa shape index (κ3) is 3.22. The van der Waals surface area contributed by atoms with Gasteiger partial charge >= 0.3 is 5.76 Å². The highest BCUT2D eigenvalue weighted by atomic mass is 32.2. The Kier molecular flexibility index (Phi) is 4.49. The predicted molar refractivity (Wildman–Crippen MR) is 82.8 cm³/mol. The molecule has 2 aromatic carbocycles. The Morgan fingerprint density at radius 1 is 1.12 bits per heavy atom. The first-order valence-corrected chi connectivity index (χ1v) is 9.06. The summed E-state index contributed by atoms with van der Waals surface area (Å²) in [5.74, 6) is -5.30. The number of hydrogen-bond acceptors (Lipinski definition) is 3. The molecule has 0 radical (unpaired) electrons. The zero-order valence-corrected chi connectivity index (χ0v) is 13.9. The van der Waals surface area contributed by atoms with Crippen molar-refractivity contribution in [2.75, 3.05) is 0 Å². The van der Waals surface area contributed by atoms with E-state index in [0.29, 0.717) is 24.5 Å². The van der Waals surface area contributed by atoms with Crippen LogP contribution in [0.5, 0.6) is 11.5 Å². The van der Waals surface area contributed by atoms with Crippen LogP contribution in [-0.4, -0.2) is 14.2 Å². The molecule has 0 saturated heterocycles. The molecular weight excluding hydrogens is 360 g/mol. The molecule has 0 aromatic heterocycles. The van der Waals surface area contributed by atoms with Gasteiger partial charge in [0.05, 0.1) is 4.90 Å².